The Kier molecular flexibility index (Phi) is 6.74. The number of benzene rings is 2. The summed E-state index contributed by atoms with van der Waals surface area (Å²) in [6.07, 6.45) is -1.37. The minimum absolute atomic E-state index is 0.0782. The van der Waals surface area contributed by atoms with Gasteiger partial charge in [-0.3, -0.25) is 9.69 Å². The maximum absolute atomic E-state index is 13.2. The highest BCUT2D eigenvalue weighted by Gasteiger charge is 2.40. The van der Waals surface area contributed by atoms with Gasteiger partial charge in [-0.15, -0.1) is 0 Å². The molecule has 0 aromatic heterocycles. The summed E-state index contributed by atoms with van der Waals surface area (Å²) in [6, 6.07) is 13.0. The molecule has 1 heterocycles. The van der Waals surface area contributed by atoms with Crippen molar-refractivity contribution < 1.29 is 24.1 Å². The molecule has 0 spiro atoms. The number of carbonyl (C=O) groups is 1. The standard InChI is InChI=1S/C22H28N2O5/c1-14(2)23-12-16(25)13-29-22-18-11-20(28-4)19(27-3)10-17(18)21(26)24(22)15-8-6-5-7-9-15/h5-11,14,16,22-23,25H,12-13H2,1-4H3. The Morgan fingerprint density at radius 1 is 1.10 bits per heavy atom. The maximum Gasteiger partial charge on any atom is 0.261 e. The molecule has 2 unspecified atom stereocenters. The quantitative estimate of drug-likeness (QED) is 0.674. The van der Waals surface area contributed by atoms with Crippen LogP contribution in [0.4, 0.5) is 5.69 Å². The second-order valence-electron chi connectivity index (χ2n) is 7.21. The van der Waals surface area contributed by atoms with E-state index in [1.54, 1.807) is 24.1 Å². The number of methoxy groups -OCH3 is 2. The molecule has 3 rings (SSSR count). The minimum Gasteiger partial charge on any atom is -0.493 e. The van der Waals surface area contributed by atoms with Crippen LogP contribution in [-0.2, 0) is 4.74 Å². The fourth-order valence-electron chi connectivity index (χ4n) is 3.30. The molecule has 7 heteroatoms. The smallest absolute Gasteiger partial charge is 0.261 e. The van der Waals surface area contributed by atoms with Crippen LogP contribution in [0, 0.1) is 0 Å². The Bertz CT molecular complexity index is 841. The largest absolute Gasteiger partial charge is 0.493 e. The van der Waals surface area contributed by atoms with Gasteiger partial charge >= 0.3 is 0 Å². The van der Waals surface area contributed by atoms with Crippen LogP contribution in [-0.4, -0.2) is 50.5 Å². The molecule has 2 aromatic rings. The molecule has 2 N–H and O–H groups in total. The van der Waals surface area contributed by atoms with Gasteiger partial charge in [-0.1, -0.05) is 32.0 Å². The molecular formula is C22H28N2O5. The monoisotopic (exact) mass is 400 g/mol. The van der Waals surface area contributed by atoms with Gasteiger partial charge in [0.25, 0.3) is 5.91 Å². The topological polar surface area (TPSA) is 80.3 Å². The van der Waals surface area contributed by atoms with E-state index in [1.165, 1.54) is 7.11 Å². The van der Waals surface area contributed by atoms with Gasteiger partial charge in [0.2, 0.25) is 0 Å². The molecule has 0 saturated heterocycles. The number of rotatable bonds is 9. The maximum atomic E-state index is 13.2. The third-order valence-electron chi connectivity index (χ3n) is 4.75. The van der Waals surface area contributed by atoms with E-state index in [1.807, 2.05) is 44.2 Å². The fourth-order valence-corrected chi connectivity index (χ4v) is 3.30. The van der Waals surface area contributed by atoms with Crippen LogP contribution in [0.15, 0.2) is 42.5 Å². The molecule has 156 valence electrons. The molecule has 2 atom stereocenters. The summed E-state index contributed by atoms with van der Waals surface area (Å²) in [7, 11) is 3.08. The Morgan fingerprint density at radius 2 is 1.76 bits per heavy atom. The van der Waals surface area contributed by atoms with Crippen molar-refractivity contribution in [3.05, 3.63) is 53.6 Å². The van der Waals surface area contributed by atoms with Gasteiger partial charge in [-0.25, -0.2) is 0 Å². The molecule has 0 aliphatic carbocycles. The molecule has 1 aliphatic heterocycles. The number of nitrogens with zero attached hydrogens (tertiary/aromatic N) is 1. The number of hydrogen-bond donors (Lipinski definition) is 2. The Balaban J connectivity index is 1.92. The van der Waals surface area contributed by atoms with E-state index in [2.05, 4.69) is 5.32 Å². The molecular weight excluding hydrogens is 372 g/mol. The molecule has 7 nitrogen and oxygen atoms in total. The summed E-state index contributed by atoms with van der Waals surface area (Å²) >= 11 is 0. The zero-order valence-electron chi connectivity index (χ0n) is 17.2. The Morgan fingerprint density at radius 3 is 2.38 bits per heavy atom. The van der Waals surface area contributed by atoms with Crippen LogP contribution in [0.1, 0.15) is 36.0 Å². The average Bonchev–Trinajstić information content (AvgIpc) is 3.01. The lowest BCUT2D eigenvalue weighted by molar-refractivity contribution is -0.00727. The first-order chi connectivity index (χ1) is 14.0. The molecule has 29 heavy (non-hydrogen) atoms. The van der Waals surface area contributed by atoms with E-state index in [4.69, 9.17) is 14.2 Å². The van der Waals surface area contributed by atoms with Gasteiger partial charge in [0.05, 0.1) is 32.5 Å². The molecule has 2 aromatic carbocycles. The van der Waals surface area contributed by atoms with Gasteiger partial charge in [0, 0.05) is 23.8 Å². The third-order valence-corrected chi connectivity index (χ3v) is 4.75. The van der Waals surface area contributed by atoms with Gasteiger partial charge in [-0.05, 0) is 24.3 Å². The van der Waals surface area contributed by atoms with E-state index >= 15 is 0 Å². The second-order valence-corrected chi connectivity index (χ2v) is 7.21. The average molecular weight is 400 g/mol. The van der Waals surface area contributed by atoms with Crippen molar-refractivity contribution >= 4 is 11.6 Å². The fraction of sp³-hybridized carbons (Fsp3) is 0.409. The highest BCUT2D eigenvalue weighted by atomic mass is 16.5. The number of anilines is 1. The summed E-state index contributed by atoms with van der Waals surface area (Å²) in [5, 5.41) is 13.5. The molecule has 0 radical (unpaired) electrons. The van der Waals surface area contributed by atoms with Crippen molar-refractivity contribution in [2.45, 2.75) is 32.2 Å². The number of nitrogens with one attached hydrogen (secondary N) is 1. The normalized spacial score (nSPS) is 16.8. The van der Waals surface area contributed by atoms with Gasteiger partial charge in [0.1, 0.15) is 0 Å². The highest BCUT2D eigenvalue weighted by molar-refractivity contribution is 6.11. The Hall–Kier alpha value is -2.61. The summed E-state index contributed by atoms with van der Waals surface area (Å²) in [6.45, 7) is 4.50. The van der Waals surface area contributed by atoms with E-state index in [9.17, 15) is 9.90 Å². The number of carbonyl (C=O) groups excluding carboxylic acids is 1. The lowest BCUT2D eigenvalue weighted by Gasteiger charge is -2.27. The first kappa shape index (κ1) is 21.1. The second kappa shape index (κ2) is 9.26. The van der Waals surface area contributed by atoms with Gasteiger partial charge in [-0.2, -0.15) is 0 Å². The number of ether oxygens (including phenoxy) is 3. The van der Waals surface area contributed by atoms with Crippen molar-refractivity contribution in [3.8, 4) is 11.5 Å². The van der Waals surface area contributed by atoms with Crippen LogP contribution in [0.25, 0.3) is 0 Å². The van der Waals surface area contributed by atoms with Crippen LogP contribution in [0.2, 0.25) is 0 Å². The number of para-hydroxylation sites is 1. The molecule has 0 saturated carbocycles. The summed E-state index contributed by atoms with van der Waals surface area (Å²) in [5.74, 6) is 0.811. The summed E-state index contributed by atoms with van der Waals surface area (Å²) < 4.78 is 16.8. The lowest BCUT2D eigenvalue weighted by atomic mass is 10.1. The van der Waals surface area contributed by atoms with Crippen molar-refractivity contribution in [2.24, 2.45) is 0 Å². The van der Waals surface area contributed by atoms with E-state index < -0.39 is 12.3 Å². The minimum atomic E-state index is -0.700. The predicted molar refractivity (Wildman–Crippen MR) is 111 cm³/mol. The molecule has 0 fully saturated rings. The van der Waals surface area contributed by atoms with E-state index in [0.717, 1.165) is 0 Å². The Labute approximate surface area is 171 Å². The van der Waals surface area contributed by atoms with Crippen molar-refractivity contribution in [3.63, 3.8) is 0 Å². The molecule has 1 amide bonds. The zero-order chi connectivity index (χ0) is 21.0. The summed E-state index contributed by atoms with van der Waals surface area (Å²) in [4.78, 5) is 14.8. The van der Waals surface area contributed by atoms with Crippen molar-refractivity contribution in [1.82, 2.24) is 5.32 Å². The SMILES string of the molecule is COc1cc2c(cc1OC)C(OCC(O)CNC(C)C)N(c1ccccc1)C2=O. The number of fused-ring (bicyclic) bond motifs is 1. The number of aliphatic hydroxyl groups is 1. The summed E-state index contributed by atoms with van der Waals surface area (Å²) in [5.41, 5.74) is 1.89. The van der Waals surface area contributed by atoms with Crippen LogP contribution >= 0.6 is 0 Å². The van der Waals surface area contributed by atoms with Gasteiger partial charge < -0.3 is 24.6 Å². The van der Waals surface area contributed by atoms with Crippen molar-refractivity contribution in [1.29, 1.82) is 0 Å². The third kappa shape index (κ3) is 4.53. The predicted octanol–water partition coefficient (Wildman–Crippen LogP) is 2.74. The van der Waals surface area contributed by atoms with E-state index in [0.29, 0.717) is 34.9 Å². The highest BCUT2D eigenvalue weighted by Crippen LogP contribution is 2.43. The van der Waals surface area contributed by atoms with Crippen LogP contribution in [0.5, 0.6) is 11.5 Å². The molecule has 1 aliphatic rings. The van der Waals surface area contributed by atoms with Crippen LogP contribution in [0.3, 0.4) is 0 Å². The molecule has 0 bridgehead atoms. The first-order valence-corrected chi connectivity index (χ1v) is 9.63. The zero-order valence-corrected chi connectivity index (χ0v) is 17.2. The lowest BCUT2D eigenvalue weighted by Crippen LogP contribution is -2.36. The number of hydrogen-bond acceptors (Lipinski definition) is 6. The number of amides is 1. The van der Waals surface area contributed by atoms with Gasteiger partial charge in [0.15, 0.2) is 17.7 Å². The number of aliphatic hydroxyl groups excluding tert-OH is 1. The van der Waals surface area contributed by atoms with E-state index in [-0.39, 0.29) is 18.6 Å². The van der Waals surface area contributed by atoms with Crippen LogP contribution < -0.4 is 19.7 Å². The first-order valence-electron chi connectivity index (χ1n) is 9.63. The van der Waals surface area contributed by atoms with Crippen molar-refractivity contribution in [2.75, 3.05) is 32.3 Å².